The van der Waals surface area contributed by atoms with E-state index in [4.69, 9.17) is 4.18 Å². The molecule has 1 aromatic rings. The lowest BCUT2D eigenvalue weighted by molar-refractivity contribution is -0.160. The molecule has 0 bridgehead atoms. The van der Waals surface area contributed by atoms with Gasteiger partial charge in [0.1, 0.15) is 6.04 Å². The number of aromatic hydroxyl groups is 2. The van der Waals surface area contributed by atoms with Gasteiger partial charge in [-0.15, -0.1) is 0 Å². The number of likely N-dealkylation sites (tertiary alicyclic amines) is 1. The number of nitrogens with one attached hydrogen (secondary N) is 1. The second-order valence-electron chi connectivity index (χ2n) is 7.52. The second kappa shape index (κ2) is 7.04. The van der Waals surface area contributed by atoms with Crippen molar-refractivity contribution in [2.24, 2.45) is 5.92 Å². The summed E-state index contributed by atoms with van der Waals surface area (Å²) in [5.41, 5.74) is 0.00290. The topological polar surface area (TPSA) is 174 Å². The number of phenolic OH excluding ortho intramolecular Hbond substituents is 2. The molecule has 3 atom stereocenters. The minimum atomic E-state index is -4.01. The molecule has 3 aliphatic heterocycles. The van der Waals surface area contributed by atoms with E-state index in [-0.39, 0.29) is 36.8 Å². The third kappa shape index (κ3) is 3.40. The van der Waals surface area contributed by atoms with Gasteiger partial charge in [0.25, 0.3) is 5.91 Å². The van der Waals surface area contributed by atoms with Crippen molar-refractivity contribution in [2.75, 3.05) is 12.8 Å². The van der Waals surface area contributed by atoms with Crippen LogP contribution in [0.2, 0.25) is 0 Å². The number of rotatable bonds is 5. The third-order valence-corrected chi connectivity index (χ3v) is 6.02. The number of carboxylic acid groups (broad SMARTS) is 1. The largest absolute Gasteiger partial charge is 0.504 e. The number of aliphatic carboxylic acids is 1. The van der Waals surface area contributed by atoms with E-state index in [9.17, 15) is 38.1 Å². The first-order chi connectivity index (χ1) is 14.5. The fourth-order valence-electron chi connectivity index (χ4n) is 4.30. The fourth-order valence-corrected chi connectivity index (χ4v) is 4.83. The monoisotopic (exact) mass is 453 g/mol. The van der Waals surface area contributed by atoms with Gasteiger partial charge in [0.2, 0.25) is 0 Å². The molecule has 31 heavy (non-hydrogen) atoms. The van der Waals surface area contributed by atoms with E-state index >= 15 is 0 Å². The number of benzene rings is 1. The first-order valence-electron chi connectivity index (χ1n) is 9.25. The van der Waals surface area contributed by atoms with E-state index in [1.54, 1.807) is 0 Å². The average molecular weight is 453 g/mol. The van der Waals surface area contributed by atoms with Crippen molar-refractivity contribution in [1.29, 1.82) is 0 Å². The Balaban J connectivity index is 1.51. The SMILES string of the molecule is CS(=O)(=O)OC1=C(C(=O)O)N2C(=O)[C@@H]3[C@H]2C1CCN3C(=O)NCc1ccc(O)c(O)c1. The van der Waals surface area contributed by atoms with Crippen molar-refractivity contribution < 1.29 is 42.3 Å². The van der Waals surface area contributed by atoms with Gasteiger partial charge >= 0.3 is 22.1 Å². The molecule has 12 nitrogen and oxygen atoms in total. The lowest BCUT2D eigenvalue weighted by Gasteiger charge is -2.52. The predicted molar refractivity (Wildman–Crippen MR) is 102 cm³/mol. The first-order valence-corrected chi connectivity index (χ1v) is 11.1. The highest BCUT2D eigenvalue weighted by Gasteiger charge is 2.65. The fraction of sp³-hybridized carbons (Fsp3) is 0.389. The van der Waals surface area contributed by atoms with Gasteiger partial charge in [-0.25, -0.2) is 9.59 Å². The van der Waals surface area contributed by atoms with E-state index in [2.05, 4.69) is 5.32 Å². The summed E-state index contributed by atoms with van der Waals surface area (Å²) in [6, 6.07) is 1.84. The number of amides is 3. The number of hydrogen-bond donors (Lipinski definition) is 4. The van der Waals surface area contributed by atoms with Crippen LogP contribution in [-0.2, 0) is 30.4 Å². The summed E-state index contributed by atoms with van der Waals surface area (Å²) >= 11 is 0. The lowest BCUT2D eigenvalue weighted by Crippen LogP contribution is -2.74. The van der Waals surface area contributed by atoms with Crippen LogP contribution in [0.1, 0.15) is 12.0 Å². The number of carboxylic acids is 1. The Kier molecular flexibility index (Phi) is 4.72. The van der Waals surface area contributed by atoms with Gasteiger partial charge in [0, 0.05) is 19.0 Å². The molecule has 166 valence electrons. The van der Waals surface area contributed by atoms with Gasteiger partial charge in [-0.2, -0.15) is 8.42 Å². The molecule has 0 saturated carbocycles. The van der Waals surface area contributed by atoms with E-state index in [0.717, 1.165) is 11.2 Å². The maximum Gasteiger partial charge on any atom is 0.356 e. The third-order valence-electron chi connectivity index (χ3n) is 5.54. The van der Waals surface area contributed by atoms with Gasteiger partial charge in [0.15, 0.2) is 23.0 Å². The van der Waals surface area contributed by atoms with Crippen molar-refractivity contribution in [3.8, 4) is 11.5 Å². The minimum Gasteiger partial charge on any atom is -0.504 e. The summed E-state index contributed by atoms with van der Waals surface area (Å²) in [6.45, 7) is 0.102. The number of β-lactam (4-membered cyclic amide) rings is 1. The molecule has 0 aliphatic carbocycles. The van der Waals surface area contributed by atoms with Crippen molar-refractivity contribution >= 4 is 28.0 Å². The highest BCUT2D eigenvalue weighted by atomic mass is 32.2. The zero-order valence-corrected chi connectivity index (χ0v) is 17.0. The zero-order valence-electron chi connectivity index (χ0n) is 16.2. The van der Waals surface area contributed by atoms with Gasteiger partial charge in [-0.05, 0) is 24.1 Å². The van der Waals surface area contributed by atoms with Crippen LogP contribution in [-0.4, -0.2) is 76.3 Å². The maximum absolute atomic E-state index is 12.7. The second-order valence-corrected chi connectivity index (χ2v) is 9.09. The molecule has 0 aromatic heterocycles. The lowest BCUT2D eigenvalue weighted by atomic mass is 9.80. The van der Waals surface area contributed by atoms with Crippen molar-refractivity contribution in [3.63, 3.8) is 0 Å². The van der Waals surface area contributed by atoms with Crippen LogP contribution < -0.4 is 5.32 Å². The molecule has 2 saturated heterocycles. The van der Waals surface area contributed by atoms with Gasteiger partial charge in [-0.3, -0.25) is 9.69 Å². The molecular formula is C18H19N3O9S. The number of hydrogen-bond acceptors (Lipinski definition) is 8. The van der Waals surface area contributed by atoms with Crippen LogP contribution in [0.15, 0.2) is 29.7 Å². The summed E-state index contributed by atoms with van der Waals surface area (Å²) in [6.07, 6.45) is 0.998. The van der Waals surface area contributed by atoms with Gasteiger partial charge in [0.05, 0.1) is 12.3 Å². The Bertz CT molecular complexity index is 1130. The molecule has 1 unspecified atom stereocenters. The minimum absolute atomic E-state index is 0.0168. The molecule has 1 aromatic carbocycles. The average Bonchev–Trinajstić information content (AvgIpc) is 2.99. The molecule has 0 spiro atoms. The van der Waals surface area contributed by atoms with Crippen LogP contribution >= 0.6 is 0 Å². The Morgan fingerprint density at radius 3 is 2.58 bits per heavy atom. The molecule has 4 N–H and O–H groups in total. The van der Waals surface area contributed by atoms with Crippen LogP contribution in [0.5, 0.6) is 11.5 Å². The Morgan fingerprint density at radius 1 is 1.26 bits per heavy atom. The smallest absolute Gasteiger partial charge is 0.356 e. The van der Waals surface area contributed by atoms with Crippen molar-refractivity contribution in [3.05, 3.63) is 35.2 Å². The summed E-state index contributed by atoms with van der Waals surface area (Å²) in [5, 5.41) is 31.0. The van der Waals surface area contributed by atoms with Gasteiger partial charge in [-0.1, -0.05) is 6.07 Å². The van der Waals surface area contributed by atoms with Crippen LogP contribution in [0.25, 0.3) is 0 Å². The Hall–Kier alpha value is -3.48. The normalized spacial score (nSPS) is 24.5. The van der Waals surface area contributed by atoms with E-state index < -0.39 is 51.7 Å². The standard InChI is InChI=1S/C18H19N3O9S/c1-31(28,29)30-15-9-4-5-20(13-12(9)21(16(13)24)14(15)17(25)26)18(27)19-7-8-2-3-10(22)11(23)6-8/h2-3,6,9,12-13,22-23H,4-5,7H2,1H3,(H,19,27)(H,25,26)/t9?,12-,13+/m1/s1. The number of piperidine rings is 1. The van der Waals surface area contributed by atoms with Crippen LogP contribution in [0.3, 0.4) is 0 Å². The molecular weight excluding hydrogens is 434 g/mol. The number of phenols is 2. The zero-order chi connectivity index (χ0) is 22.7. The van der Waals surface area contributed by atoms with Crippen molar-refractivity contribution in [1.82, 2.24) is 15.1 Å². The van der Waals surface area contributed by atoms with E-state index in [0.29, 0.717) is 5.56 Å². The van der Waals surface area contributed by atoms with E-state index in [1.165, 1.54) is 23.1 Å². The molecule has 13 heteroatoms. The number of carbonyl (C=O) groups is 3. The first kappa shape index (κ1) is 20.8. The number of carbonyl (C=O) groups excluding carboxylic acids is 2. The quantitative estimate of drug-likeness (QED) is 0.260. The predicted octanol–water partition coefficient (Wildman–Crippen LogP) is -0.505. The molecule has 2 fully saturated rings. The molecule has 4 rings (SSSR count). The highest BCUT2D eigenvalue weighted by molar-refractivity contribution is 7.86. The maximum atomic E-state index is 12.7. The number of urea groups is 1. The Morgan fingerprint density at radius 2 is 1.97 bits per heavy atom. The highest BCUT2D eigenvalue weighted by Crippen LogP contribution is 2.49. The van der Waals surface area contributed by atoms with E-state index in [1.807, 2.05) is 0 Å². The molecule has 3 aliphatic rings. The molecule has 3 heterocycles. The van der Waals surface area contributed by atoms with Crippen LogP contribution in [0, 0.1) is 5.92 Å². The summed E-state index contributed by atoms with van der Waals surface area (Å²) in [4.78, 5) is 39.3. The summed E-state index contributed by atoms with van der Waals surface area (Å²) < 4.78 is 28.1. The summed E-state index contributed by atoms with van der Waals surface area (Å²) in [5.74, 6) is -3.68. The Labute approximate surface area is 176 Å². The molecule has 0 radical (unpaired) electrons. The summed E-state index contributed by atoms with van der Waals surface area (Å²) in [7, 11) is -4.01. The molecule has 3 amide bonds. The van der Waals surface area contributed by atoms with Crippen molar-refractivity contribution in [2.45, 2.75) is 25.0 Å². The van der Waals surface area contributed by atoms with Gasteiger partial charge < -0.3 is 29.7 Å². The van der Waals surface area contributed by atoms with Crippen LogP contribution in [0.4, 0.5) is 4.79 Å². The number of nitrogens with zero attached hydrogens (tertiary/aromatic N) is 2.